The molecule has 6 heteroatoms. The van der Waals surface area contributed by atoms with E-state index in [0.717, 1.165) is 0 Å². The van der Waals surface area contributed by atoms with Gasteiger partial charge in [-0.15, -0.1) is 0 Å². The minimum absolute atomic E-state index is 0.189. The minimum Gasteiger partial charge on any atom is -0.444 e. The van der Waals surface area contributed by atoms with E-state index in [-0.39, 0.29) is 11.6 Å². The molecular weight excluding hydrogens is 359 g/mol. The SMILES string of the molecule is CC(C)c1ccc(NC(=O)c2coc(-c3ccc(Cl)c(Cl)c3)n2)cc1. The molecule has 0 spiro atoms. The highest BCUT2D eigenvalue weighted by Crippen LogP contribution is 2.28. The molecule has 0 aliphatic carbocycles. The van der Waals surface area contributed by atoms with Crippen molar-refractivity contribution in [2.24, 2.45) is 0 Å². The molecule has 128 valence electrons. The molecule has 3 rings (SSSR count). The van der Waals surface area contributed by atoms with Gasteiger partial charge in [-0.2, -0.15) is 0 Å². The zero-order chi connectivity index (χ0) is 18.0. The van der Waals surface area contributed by atoms with Crippen LogP contribution in [0.3, 0.4) is 0 Å². The van der Waals surface area contributed by atoms with E-state index in [4.69, 9.17) is 27.6 Å². The fourth-order valence-electron chi connectivity index (χ4n) is 2.29. The van der Waals surface area contributed by atoms with Gasteiger partial charge in [-0.1, -0.05) is 49.2 Å². The van der Waals surface area contributed by atoms with Gasteiger partial charge in [0.05, 0.1) is 10.0 Å². The van der Waals surface area contributed by atoms with Gasteiger partial charge >= 0.3 is 0 Å². The van der Waals surface area contributed by atoms with Gasteiger partial charge in [0, 0.05) is 11.3 Å². The van der Waals surface area contributed by atoms with Crippen LogP contribution in [0, 0.1) is 0 Å². The summed E-state index contributed by atoms with van der Waals surface area (Å²) < 4.78 is 5.38. The zero-order valence-corrected chi connectivity index (χ0v) is 15.2. The molecule has 0 fully saturated rings. The summed E-state index contributed by atoms with van der Waals surface area (Å²) in [5.41, 5.74) is 2.75. The minimum atomic E-state index is -0.340. The summed E-state index contributed by atoms with van der Waals surface area (Å²) in [5.74, 6) is 0.403. The zero-order valence-electron chi connectivity index (χ0n) is 13.7. The molecule has 1 aromatic heterocycles. The topological polar surface area (TPSA) is 55.1 Å². The normalized spacial score (nSPS) is 10.9. The summed E-state index contributed by atoms with van der Waals surface area (Å²) in [6, 6.07) is 12.7. The largest absolute Gasteiger partial charge is 0.444 e. The van der Waals surface area contributed by atoms with Gasteiger partial charge in [0.1, 0.15) is 6.26 Å². The van der Waals surface area contributed by atoms with Crippen LogP contribution in [0.2, 0.25) is 10.0 Å². The van der Waals surface area contributed by atoms with Gasteiger partial charge in [0.25, 0.3) is 5.91 Å². The number of anilines is 1. The first-order valence-electron chi connectivity index (χ1n) is 7.76. The van der Waals surface area contributed by atoms with Crippen molar-refractivity contribution >= 4 is 34.8 Å². The molecule has 0 aliphatic heterocycles. The Kier molecular flexibility index (Phi) is 5.11. The van der Waals surface area contributed by atoms with Gasteiger partial charge < -0.3 is 9.73 Å². The third kappa shape index (κ3) is 4.03. The summed E-state index contributed by atoms with van der Waals surface area (Å²) in [4.78, 5) is 16.5. The maximum absolute atomic E-state index is 12.3. The molecule has 0 radical (unpaired) electrons. The van der Waals surface area contributed by atoms with Crippen molar-refractivity contribution in [2.75, 3.05) is 5.32 Å². The van der Waals surface area contributed by atoms with Gasteiger partial charge in [0.2, 0.25) is 5.89 Å². The smallest absolute Gasteiger partial charge is 0.277 e. The number of halogens is 2. The number of carbonyl (C=O) groups is 1. The van der Waals surface area contributed by atoms with Gasteiger partial charge in [-0.05, 0) is 41.8 Å². The number of amides is 1. The summed E-state index contributed by atoms with van der Waals surface area (Å²) in [6.45, 7) is 4.24. The second-order valence-electron chi connectivity index (χ2n) is 5.90. The van der Waals surface area contributed by atoms with Crippen LogP contribution >= 0.6 is 23.2 Å². The second kappa shape index (κ2) is 7.30. The van der Waals surface area contributed by atoms with E-state index in [0.29, 0.717) is 33.1 Å². The van der Waals surface area contributed by atoms with E-state index in [2.05, 4.69) is 24.1 Å². The standard InChI is InChI=1S/C19H16Cl2N2O2/c1-11(2)12-3-6-14(7-4-12)22-18(24)17-10-25-19(23-17)13-5-8-15(20)16(21)9-13/h3-11H,1-2H3,(H,22,24). The lowest BCUT2D eigenvalue weighted by atomic mass is 10.0. The van der Waals surface area contributed by atoms with Gasteiger partial charge in [-0.3, -0.25) is 4.79 Å². The van der Waals surface area contributed by atoms with E-state index >= 15 is 0 Å². The number of benzene rings is 2. The summed E-state index contributed by atoms with van der Waals surface area (Å²) in [7, 11) is 0. The van der Waals surface area contributed by atoms with Crippen LogP contribution in [0.4, 0.5) is 5.69 Å². The molecule has 0 unspecified atom stereocenters. The molecule has 0 aliphatic rings. The fraction of sp³-hybridized carbons (Fsp3) is 0.158. The van der Waals surface area contributed by atoms with E-state index in [9.17, 15) is 4.79 Å². The van der Waals surface area contributed by atoms with Crippen molar-refractivity contribution < 1.29 is 9.21 Å². The summed E-state index contributed by atoms with van der Waals surface area (Å²) in [5, 5.41) is 3.64. The van der Waals surface area contributed by atoms with Crippen LogP contribution in [0.1, 0.15) is 35.8 Å². The number of nitrogens with zero attached hydrogens (tertiary/aromatic N) is 1. The van der Waals surface area contributed by atoms with Crippen molar-refractivity contribution in [3.63, 3.8) is 0 Å². The predicted molar refractivity (Wildman–Crippen MR) is 100 cm³/mol. The Labute approximate surface area is 155 Å². The number of carbonyl (C=O) groups excluding carboxylic acids is 1. The number of hydrogen-bond acceptors (Lipinski definition) is 3. The fourth-order valence-corrected chi connectivity index (χ4v) is 2.58. The first-order chi connectivity index (χ1) is 11.9. The highest BCUT2D eigenvalue weighted by Gasteiger charge is 2.14. The highest BCUT2D eigenvalue weighted by atomic mass is 35.5. The van der Waals surface area contributed by atoms with E-state index in [1.807, 2.05) is 24.3 Å². The second-order valence-corrected chi connectivity index (χ2v) is 6.71. The number of nitrogens with one attached hydrogen (secondary N) is 1. The predicted octanol–water partition coefficient (Wildman–Crippen LogP) is 6.02. The third-order valence-electron chi connectivity index (χ3n) is 3.74. The summed E-state index contributed by atoms with van der Waals surface area (Å²) in [6.07, 6.45) is 1.32. The Hall–Kier alpha value is -2.30. The molecule has 2 aromatic carbocycles. The summed E-state index contributed by atoms with van der Waals surface area (Å²) >= 11 is 11.9. The van der Waals surface area contributed by atoms with Crippen LogP contribution < -0.4 is 5.32 Å². The molecule has 1 heterocycles. The van der Waals surface area contributed by atoms with Gasteiger partial charge in [-0.25, -0.2) is 4.98 Å². The van der Waals surface area contributed by atoms with Crippen LogP contribution in [0.5, 0.6) is 0 Å². The number of aromatic nitrogens is 1. The Morgan fingerprint density at radius 3 is 2.44 bits per heavy atom. The molecule has 0 saturated carbocycles. The molecule has 1 amide bonds. The molecule has 25 heavy (non-hydrogen) atoms. The maximum atomic E-state index is 12.3. The van der Waals surface area contributed by atoms with Crippen LogP contribution in [0.15, 0.2) is 53.1 Å². The van der Waals surface area contributed by atoms with E-state index < -0.39 is 0 Å². The van der Waals surface area contributed by atoms with Crippen molar-refractivity contribution in [1.29, 1.82) is 0 Å². The Morgan fingerprint density at radius 1 is 1.08 bits per heavy atom. The average Bonchev–Trinajstić information content (AvgIpc) is 3.08. The van der Waals surface area contributed by atoms with Crippen molar-refractivity contribution in [3.8, 4) is 11.5 Å². The Bertz CT molecular complexity index is 902. The molecule has 1 N–H and O–H groups in total. The monoisotopic (exact) mass is 374 g/mol. The maximum Gasteiger partial charge on any atom is 0.277 e. The molecule has 0 bridgehead atoms. The average molecular weight is 375 g/mol. The Morgan fingerprint density at radius 2 is 1.80 bits per heavy atom. The third-order valence-corrected chi connectivity index (χ3v) is 4.48. The first-order valence-corrected chi connectivity index (χ1v) is 8.52. The van der Waals surface area contributed by atoms with Crippen LogP contribution in [-0.4, -0.2) is 10.9 Å². The molecular formula is C19H16Cl2N2O2. The number of oxazole rings is 1. The molecule has 0 saturated heterocycles. The molecule has 4 nitrogen and oxygen atoms in total. The van der Waals surface area contributed by atoms with E-state index in [1.54, 1.807) is 18.2 Å². The lowest BCUT2D eigenvalue weighted by Gasteiger charge is -2.07. The number of rotatable bonds is 4. The number of hydrogen-bond donors (Lipinski definition) is 1. The lowest BCUT2D eigenvalue weighted by molar-refractivity contribution is 0.102. The lowest BCUT2D eigenvalue weighted by Crippen LogP contribution is -2.12. The first kappa shape index (κ1) is 17.5. The molecule has 0 atom stereocenters. The molecule has 3 aromatic rings. The quantitative estimate of drug-likeness (QED) is 0.606. The van der Waals surface area contributed by atoms with E-state index in [1.165, 1.54) is 11.8 Å². The Balaban J connectivity index is 1.75. The van der Waals surface area contributed by atoms with Crippen LogP contribution in [-0.2, 0) is 0 Å². The van der Waals surface area contributed by atoms with Crippen molar-refractivity contribution in [3.05, 3.63) is 70.0 Å². The highest BCUT2D eigenvalue weighted by molar-refractivity contribution is 6.42. The van der Waals surface area contributed by atoms with Crippen molar-refractivity contribution in [1.82, 2.24) is 4.98 Å². The van der Waals surface area contributed by atoms with Crippen molar-refractivity contribution in [2.45, 2.75) is 19.8 Å². The van der Waals surface area contributed by atoms with Crippen LogP contribution in [0.25, 0.3) is 11.5 Å². The van der Waals surface area contributed by atoms with Gasteiger partial charge in [0.15, 0.2) is 5.69 Å².